The highest BCUT2D eigenvalue weighted by atomic mass is 19.1. The Kier molecular flexibility index (Phi) is 3.95. The summed E-state index contributed by atoms with van der Waals surface area (Å²) in [5.41, 5.74) is 1.86. The van der Waals surface area contributed by atoms with Crippen LogP contribution in [-0.2, 0) is 6.67 Å². The van der Waals surface area contributed by atoms with E-state index in [0.29, 0.717) is 16.9 Å². The van der Waals surface area contributed by atoms with Crippen molar-refractivity contribution >= 4 is 22.5 Å². The van der Waals surface area contributed by atoms with Crippen molar-refractivity contribution in [2.45, 2.75) is 6.67 Å². The highest BCUT2D eigenvalue weighted by Gasteiger charge is 2.15. The molecule has 0 unspecified atom stereocenters. The Hall–Kier alpha value is -3.86. The summed E-state index contributed by atoms with van der Waals surface area (Å²) in [5, 5.41) is 28.2. The molecular weight excluding hydrogens is 333 g/mol. The number of fused-ring (bicyclic) bond motifs is 1. The number of H-pyrrole nitrogens is 1. The van der Waals surface area contributed by atoms with Crippen LogP contribution in [0.5, 0.6) is 0 Å². The molecule has 0 saturated carbocycles. The zero-order valence-electron chi connectivity index (χ0n) is 13.4. The maximum atomic E-state index is 13.2. The minimum atomic E-state index is -0.647. The van der Waals surface area contributed by atoms with Gasteiger partial charge in [0.1, 0.15) is 12.7 Å². The molecular formula is C18H12FN7. The number of hydrogen-bond acceptors (Lipinski definition) is 6. The molecule has 0 aliphatic rings. The van der Waals surface area contributed by atoms with E-state index in [1.165, 1.54) is 0 Å². The van der Waals surface area contributed by atoms with Crippen LogP contribution in [0.2, 0.25) is 0 Å². The van der Waals surface area contributed by atoms with E-state index >= 15 is 0 Å². The fraction of sp³-hybridized carbons (Fsp3) is 0.0556. The van der Waals surface area contributed by atoms with Gasteiger partial charge in [0.05, 0.1) is 5.52 Å². The van der Waals surface area contributed by atoms with Gasteiger partial charge in [-0.1, -0.05) is 36.4 Å². The van der Waals surface area contributed by atoms with Crippen LogP contribution in [0.1, 0.15) is 11.3 Å². The van der Waals surface area contributed by atoms with Crippen LogP contribution in [0.4, 0.5) is 16.0 Å². The highest BCUT2D eigenvalue weighted by Crippen LogP contribution is 2.26. The summed E-state index contributed by atoms with van der Waals surface area (Å²) in [6.45, 7) is -0.647. The molecule has 0 fully saturated rings. The first kappa shape index (κ1) is 15.7. The van der Waals surface area contributed by atoms with Gasteiger partial charge in [0, 0.05) is 10.9 Å². The number of alkyl halides is 1. The maximum Gasteiger partial charge on any atom is 0.205 e. The first-order valence-corrected chi connectivity index (χ1v) is 7.79. The predicted octanol–water partition coefficient (Wildman–Crippen LogP) is 3.50. The number of hydrogen-bond donors (Lipinski definition) is 2. The Morgan fingerprint density at radius 2 is 1.85 bits per heavy atom. The molecule has 2 aromatic carbocycles. The van der Waals surface area contributed by atoms with Crippen LogP contribution in [0.15, 0.2) is 48.5 Å². The highest BCUT2D eigenvalue weighted by molar-refractivity contribution is 5.91. The van der Waals surface area contributed by atoms with E-state index in [1.807, 2.05) is 30.3 Å². The summed E-state index contributed by atoms with van der Waals surface area (Å²) in [5.74, 6) is 0.963. The number of anilines is 2. The topological polar surface area (TPSA) is 103 Å². The second kappa shape index (κ2) is 6.57. The standard InChI is InChI=1S/C18H12FN7/c19-9-11-5-1-2-6-12(11)16-21-18(15(10-20)24-25-16)22-17-13-7-3-4-8-14(13)23-26-17/h1-8H,9H2,(H2,21,22,23,25,26). The van der Waals surface area contributed by atoms with Gasteiger partial charge in [-0.2, -0.15) is 10.4 Å². The molecule has 0 radical (unpaired) electrons. The van der Waals surface area contributed by atoms with Gasteiger partial charge in [-0.25, -0.2) is 9.37 Å². The molecule has 126 valence electrons. The first-order valence-electron chi connectivity index (χ1n) is 7.79. The molecule has 0 aliphatic heterocycles. The van der Waals surface area contributed by atoms with Gasteiger partial charge in [-0.3, -0.25) is 5.10 Å². The monoisotopic (exact) mass is 345 g/mol. The third-order valence-electron chi connectivity index (χ3n) is 3.90. The Morgan fingerprint density at radius 1 is 1.04 bits per heavy atom. The molecule has 0 amide bonds. The lowest BCUT2D eigenvalue weighted by Gasteiger charge is -2.08. The summed E-state index contributed by atoms with van der Waals surface area (Å²) in [6, 6.07) is 16.4. The zero-order valence-corrected chi connectivity index (χ0v) is 13.4. The molecule has 2 aromatic heterocycles. The number of nitrogens with zero attached hydrogens (tertiary/aromatic N) is 5. The fourth-order valence-corrected chi connectivity index (χ4v) is 2.63. The second-order valence-electron chi connectivity index (χ2n) is 5.48. The first-order chi connectivity index (χ1) is 12.8. The Labute approximate surface area is 147 Å². The summed E-state index contributed by atoms with van der Waals surface area (Å²) >= 11 is 0. The lowest BCUT2D eigenvalue weighted by atomic mass is 10.1. The van der Waals surface area contributed by atoms with E-state index in [9.17, 15) is 9.65 Å². The molecule has 0 saturated heterocycles. The quantitative estimate of drug-likeness (QED) is 0.587. The lowest BCUT2D eigenvalue weighted by molar-refractivity contribution is 0.486. The minimum Gasteiger partial charge on any atom is -0.320 e. The molecule has 0 bridgehead atoms. The average Bonchev–Trinajstić information content (AvgIpc) is 3.11. The summed E-state index contributed by atoms with van der Waals surface area (Å²) < 4.78 is 13.2. The molecule has 2 heterocycles. The van der Waals surface area contributed by atoms with Crippen molar-refractivity contribution in [1.29, 1.82) is 5.26 Å². The lowest BCUT2D eigenvalue weighted by Crippen LogP contribution is -2.05. The molecule has 4 rings (SSSR count). The van der Waals surface area contributed by atoms with Crippen molar-refractivity contribution in [3.05, 3.63) is 59.8 Å². The van der Waals surface area contributed by atoms with Crippen LogP contribution in [0, 0.1) is 11.3 Å². The molecule has 8 heteroatoms. The number of nitrogens with one attached hydrogen (secondary N) is 2. The molecule has 2 N–H and O–H groups in total. The molecule has 0 aliphatic carbocycles. The number of aromatic nitrogens is 5. The smallest absolute Gasteiger partial charge is 0.205 e. The van der Waals surface area contributed by atoms with Gasteiger partial charge in [0.2, 0.25) is 5.69 Å². The number of halogens is 1. The Balaban J connectivity index is 1.79. The third-order valence-corrected chi connectivity index (χ3v) is 3.90. The maximum absolute atomic E-state index is 13.2. The van der Waals surface area contributed by atoms with Crippen LogP contribution in [0.25, 0.3) is 22.3 Å². The van der Waals surface area contributed by atoms with Crippen LogP contribution in [-0.4, -0.2) is 25.4 Å². The van der Waals surface area contributed by atoms with Gasteiger partial charge in [0.25, 0.3) is 0 Å². The summed E-state index contributed by atoms with van der Waals surface area (Å²) in [4.78, 5) is 4.38. The molecule has 7 nitrogen and oxygen atoms in total. The van der Waals surface area contributed by atoms with E-state index in [1.54, 1.807) is 24.3 Å². The van der Waals surface area contributed by atoms with Crippen molar-refractivity contribution in [1.82, 2.24) is 25.4 Å². The van der Waals surface area contributed by atoms with Crippen LogP contribution < -0.4 is 5.32 Å². The van der Waals surface area contributed by atoms with E-state index in [4.69, 9.17) is 0 Å². The molecule has 26 heavy (non-hydrogen) atoms. The third kappa shape index (κ3) is 2.71. The second-order valence-corrected chi connectivity index (χ2v) is 5.48. The van der Waals surface area contributed by atoms with E-state index < -0.39 is 6.67 Å². The molecule has 0 spiro atoms. The number of benzene rings is 2. The predicted molar refractivity (Wildman–Crippen MR) is 94.2 cm³/mol. The van der Waals surface area contributed by atoms with Gasteiger partial charge in [-0.15, -0.1) is 10.2 Å². The minimum absolute atomic E-state index is 0.0264. The zero-order chi connectivity index (χ0) is 17.9. The number of nitriles is 1. The summed E-state index contributed by atoms with van der Waals surface area (Å²) in [6.07, 6.45) is 0. The number of para-hydroxylation sites is 1. The van der Waals surface area contributed by atoms with Gasteiger partial charge in [-0.05, 0) is 17.7 Å². The SMILES string of the molecule is N#Cc1nnc(-c2ccccc2CF)nc1Nc1n[nH]c2ccccc12. The van der Waals surface area contributed by atoms with Crippen molar-refractivity contribution in [3.8, 4) is 17.5 Å². The normalized spacial score (nSPS) is 10.6. The van der Waals surface area contributed by atoms with Gasteiger partial charge >= 0.3 is 0 Å². The van der Waals surface area contributed by atoms with E-state index in [0.717, 1.165) is 10.9 Å². The van der Waals surface area contributed by atoms with Gasteiger partial charge in [0.15, 0.2) is 17.5 Å². The van der Waals surface area contributed by atoms with Crippen molar-refractivity contribution in [3.63, 3.8) is 0 Å². The van der Waals surface area contributed by atoms with Crippen molar-refractivity contribution < 1.29 is 4.39 Å². The van der Waals surface area contributed by atoms with Crippen LogP contribution >= 0.6 is 0 Å². The molecule has 4 aromatic rings. The fourth-order valence-electron chi connectivity index (χ4n) is 2.63. The van der Waals surface area contributed by atoms with Crippen LogP contribution in [0.3, 0.4) is 0 Å². The van der Waals surface area contributed by atoms with Gasteiger partial charge < -0.3 is 5.32 Å². The Bertz CT molecular complexity index is 1130. The summed E-state index contributed by atoms with van der Waals surface area (Å²) in [7, 11) is 0. The largest absolute Gasteiger partial charge is 0.320 e. The van der Waals surface area contributed by atoms with E-state index in [-0.39, 0.29) is 17.3 Å². The van der Waals surface area contributed by atoms with E-state index in [2.05, 4.69) is 30.7 Å². The Morgan fingerprint density at radius 3 is 2.69 bits per heavy atom. The van der Waals surface area contributed by atoms with Crippen molar-refractivity contribution in [2.24, 2.45) is 0 Å². The number of aromatic amines is 1. The average molecular weight is 345 g/mol. The molecule has 0 atom stereocenters. The van der Waals surface area contributed by atoms with Crippen molar-refractivity contribution in [2.75, 3.05) is 5.32 Å². The number of rotatable bonds is 4.